The van der Waals surface area contributed by atoms with Crippen molar-refractivity contribution in [2.45, 2.75) is 45.7 Å². The molecule has 0 aromatic heterocycles. The number of rotatable bonds is 3. The van der Waals surface area contributed by atoms with Crippen LogP contribution in [0.4, 0.5) is 0 Å². The van der Waals surface area contributed by atoms with Gasteiger partial charge < -0.3 is 0 Å². The second kappa shape index (κ2) is 8.20. The Morgan fingerprint density at radius 1 is 1.00 bits per heavy atom. The molecule has 2 heteroatoms. The van der Waals surface area contributed by atoms with E-state index >= 15 is 0 Å². The van der Waals surface area contributed by atoms with Gasteiger partial charge in [0.2, 0.25) is 0 Å². The molecule has 0 aliphatic carbocycles. The third-order valence-electron chi connectivity index (χ3n) is 3.09. The van der Waals surface area contributed by atoms with Crippen LogP contribution < -0.4 is 0 Å². The van der Waals surface area contributed by atoms with Crippen molar-refractivity contribution < 1.29 is 0 Å². The van der Waals surface area contributed by atoms with Crippen LogP contribution in [0.3, 0.4) is 0 Å². The van der Waals surface area contributed by atoms with E-state index in [1.807, 2.05) is 24.3 Å². The van der Waals surface area contributed by atoms with E-state index < -0.39 is 16.1 Å². The van der Waals surface area contributed by atoms with E-state index in [1.54, 1.807) is 0 Å². The summed E-state index contributed by atoms with van der Waals surface area (Å²) in [6, 6.07) is 10.2. The van der Waals surface area contributed by atoms with Crippen LogP contribution in [-0.2, 0) is 0 Å². The fourth-order valence-electron chi connectivity index (χ4n) is 1.99. The van der Waals surface area contributed by atoms with Crippen LogP contribution >= 0.6 is 0 Å². The van der Waals surface area contributed by atoms with Gasteiger partial charge in [0.15, 0.2) is 0 Å². The van der Waals surface area contributed by atoms with Crippen molar-refractivity contribution >= 4 is 16.1 Å². The Bertz CT molecular complexity index is 688. The Hall–Kier alpha value is -1.75. The highest BCUT2D eigenvalue weighted by atomic mass is 28.3. The molecule has 1 aromatic rings. The highest BCUT2D eigenvalue weighted by molar-refractivity contribution is 6.85. The summed E-state index contributed by atoms with van der Waals surface area (Å²) in [5.74, 6) is 10.2. The predicted octanol–water partition coefficient (Wildman–Crippen LogP) is 5.67. The number of allylic oxidation sites excluding steroid dienone is 3. The Kier molecular flexibility index (Phi) is 6.88. The van der Waals surface area contributed by atoms with Gasteiger partial charge in [0.05, 0.1) is 8.07 Å². The molecule has 0 fully saturated rings. The topological polar surface area (TPSA) is 0 Å². The highest BCUT2D eigenvalue weighted by Gasteiger charge is 2.21. The molecule has 0 N–H and O–H groups in total. The lowest BCUT2D eigenvalue weighted by Gasteiger charge is -2.18. The monoisotopic (exact) mass is 336 g/mol. The lowest BCUT2D eigenvalue weighted by molar-refractivity contribution is 1.30. The zero-order valence-corrected chi connectivity index (χ0v) is 17.4. The van der Waals surface area contributed by atoms with Crippen LogP contribution in [0, 0.1) is 23.3 Å². The molecule has 0 atom stereocenters. The Balaban J connectivity index is 3.43. The quantitative estimate of drug-likeness (QED) is 0.379. The first-order chi connectivity index (χ1) is 10.6. The molecule has 120 valence electrons. The third-order valence-corrected chi connectivity index (χ3v) is 5.90. The molecule has 0 radical (unpaired) electrons. The van der Waals surface area contributed by atoms with E-state index in [-0.39, 0.29) is 0 Å². The van der Waals surface area contributed by atoms with Crippen molar-refractivity contribution in [3.05, 3.63) is 59.3 Å². The second-order valence-corrected chi connectivity index (χ2v) is 17.5. The minimum absolute atomic E-state index is 0.806. The molecule has 0 saturated carbocycles. The summed E-state index contributed by atoms with van der Waals surface area (Å²) in [6.45, 7) is 17.7. The fraction of sp³-hybridized carbons (Fsp3) is 0.333. The Labute approximate surface area is 144 Å². The van der Waals surface area contributed by atoms with Crippen molar-refractivity contribution in [3.63, 3.8) is 0 Å². The molecule has 0 heterocycles. The van der Waals surface area contributed by atoms with Gasteiger partial charge in [-0.2, -0.15) is 0 Å². The fourth-order valence-corrected chi connectivity index (χ4v) is 4.03. The summed E-state index contributed by atoms with van der Waals surface area (Å²) in [7, 11) is -2.97. The molecule has 0 spiro atoms. The van der Waals surface area contributed by atoms with Gasteiger partial charge in [-0.3, -0.25) is 0 Å². The summed E-state index contributed by atoms with van der Waals surface area (Å²) in [6.07, 6.45) is 2.75. The molecule has 0 aliphatic heterocycles. The van der Waals surface area contributed by atoms with Gasteiger partial charge in [-0.05, 0) is 23.7 Å². The van der Waals surface area contributed by atoms with Gasteiger partial charge in [0.1, 0.15) is 8.07 Å². The lowest BCUT2D eigenvalue weighted by Crippen LogP contribution is -2.25. The normalized spacial score (nSPS) is 12.3. The maximum absolute atomic E-state index is 3.90. The Morgan fingerprint density at radius 3 is 2.09 bits per heavy atom. The molecular weight excluding hydrogens is 308 g/mol. The zero-order chi connectivity index (χ0) is 17.5. The molecular formula is C21H28Si2. The average Bonchev–Trinajstić information content (AvgIpc) is 2.43. The third kappa shape index (κ3) is 7.37. The van der Waals surface area contributed by atoms with Gasteiger partial charge >= 0.3 is 0 Å². The first-order valence-electron chi connectivity index (χ1n) is 8.08. The highest BCUT2D eigenvalue weighted by Crippen LogP contribution is 2.21. The van der Waals surface area contributed by atoms with Gasteiger partial charge in [0.25, 0.3) is 0 Å². The molecule has 1 aromatic carbocycles. The summed E-state index contributed by atoms with van der Waals surface area (Å²) in [5, 5.41) is 1.26. The van der Waals surface area contributed by atoms with E-state index in [1.165, 1.54) is 10.8 Å². The van der Waals surface area contributed by atoms with E-state index in [0.29, 0.717) is 0 Å². The van der Waals surface area contributed by atoms with Crippen LogP contribution in [-0.4, -0.2) is 16.1 Å². The smallest absolute Gasteiger partial charge is 0.127 e. The van der Waals surface area contributed by atoms with Crippen LogP contribution in [0.5, 0.6) is 0 Å². The van der Waals surface area contributed by atoms with Gasteiger partial charge in [-0.25, -0.2) is 0 Å². The molecule has 0 bridgehead atoms. The van der Waals surface area contributed by atoms with Crippen molar-refractivity contribution in [1.29, 1.82) is 0 Å². The first-order valence-corrected chi connectivity index (χ1v) is 15.1. The zero-order valence-electron chi connectivity index (χ0n) is 15.4. The summed E-state index contributed by atoms with van der Waals surface area (Å²) < 4.78 is 0. The minimum atomic E-state index is -1.57. The summed E-state index contributed by atoms with van der Waals surface area (Å²) in [5.41, 5.74) is 5.72. The van der Waals surface area contributed by atoms with Crippen LogP contribution in [0.25, 0.3) is 0 Å². The van der Waals surface area contributed by atoms with Crippen LogP contribution in [0.1, 0.15) is 12.0 Å². The molecule has 1 rings (SSSR count). The summed E-state index contributed by atoms with van der Waals surface area (Å²) >= 11 is 0. The molecule has 0 saturated heterocycles. The van der Waals surface area contributed by atoms with Crippen molar-refractivity contribution in [2.24, 2.45) is 0 Å². The van der Waals surface area contributed by atoms with Gasteiger partial charge in [-0.15, -0.1) is 12.1 Å². The molecule has 0 aliphatic rings. The average molecular weight is 337 g/mol. The van der Waals surface area contributed by atoms with Gasteiger partial charge in [-0.1, -0.05) is 81.3 Å². The molecule has 0 unspecified atom stereocenters. The number of hydrogen-bond acceptors (Lipinski definition) is 0. The molecule has 23 heavy (non-hydrogen) atoms. The molecule has 0 nitrogen and oxygen atoms in total. The maximum atomic E-state index is 3.90. The predicted molar refractivity (Wildman–Crippen MR) is 110 cm³/mol. The molecule has 0 amide bonds. The number of benzene rings is 1. The van der Waals surface area contributed by atoms with Crippen LogP contribution in [0.15, 0.2) is 53.8 Å². The van der Waals surface area contributed by atoms with E-state index in [0.717, 1.165) is 12.0 Å². The Morgan fingerprint density at radius 2 is 1.61 bits per heavy atom. The second-order valence-electron chi connectivity index (χ2n) is 7.71. The van der Waals surface area contributed by atoms with Crippen LogP contribution in [0.2, 0.25) is 39.3 Å². The van der Waals surface area contributed by atoms with E-state index in [9.17, 15) is 0 Å². The SMILES string of the molecule is C=CCC(C#C[Si](C)(C)C)=C(C#Cc1ccccc1)[Si](C)(C)C. The van der Waals surface area contributed by atoms with Crippen molar-refractivity contribution in [1.82, 2.24) is 0 Å². The standard InChI is InChI=1S/C21H28Si2/c1-8-12-20(17-18-22(2,3)4)21(23(5,6)7)16-15-19-13-10-9-11-14-19/h8-11,13-14H,1,12H2,2-7H3. The minimum Gasteiger partial charge on any atom is -0.127 e. The summed E-state index contributed by atoms with van der Waals surface area (Å²) in [4.78, 5) is 0. The number of hydrogen-bond donors (Lipinski definition) is 0. The van der Waals surface area contributed by atoms with Crippen molar-refractivity contribution in [3.8, 4) is 23.3 Å². The van der Waals surface area contributed by atoms with E-state index in [4.69, 9.17) is 0 Å². The van der Waals surface area contributed by atoms with Crippen molar-refractivity contribution in [2.75, 3.05) is 0 Å². The largest absolute Gasteiger partial charge is 0.129 e. The van der Waals surface area contributed by atoms with Gasteiger partial charge in [0, 0.05) is 11.1 Å². The lowest BCUT2D eigenvalue weighted by atomic mass is 10.1. The maximum Gasteiger partial charge on any atom is 0.129 e. The first kappa shape index (κ1) is 19.3. The van der Waals surface area contributed by atoms with E-state index in [2.05, 4.69) is 81.3 Å².